The molecule has 0 N–H and O–H groups in total. The molecular weight excluding hydrogens is 306 g/mol. The van der Waals surface area contributed by atoms with Crippen LogP contribution in [0.1, 0.15) is 37.0 Å². The molecule has 0 unspecified atom stereocenters. The van der Waals surface area contributed by atoms with E-state index in [4.69, 9.17) is 0 Å². The highest BCUT2D eigenvalue weighted by Gasteiger charge is 2.13. The van der Waals surface area contributed by atoms with Crippen molar-refractivity contribution in [2.45, 2.75) is 33.3 Å². The average Bonchev–Trinajstić information content (AvgIpc) is 2.28. The zero-order valence-electron chi connectivity index (χ0n) is 10.3. The molecule has 0 atom stereocenters. The van der Waals surface area contributed by atoms with E-state index in [0.717, 1.165) is 6.42 Å². The minimum absolute atomic E-state index is 0.0135. The Morgan fingerprint density at radius 3 is 2.61 bits per heavy atom. The summed E-state index contributed by atoms with van der Waals surface area (Å²) in [5.41, 5.74) is 0.398. The molecule has 0 spiro atoms. The van der Waals surface area contributed by atoms with Gasteiger partial charge in [0.05, 0.1) is 4.47 Å². The first-order chi connectivity index (χ1) is 8.40. The zero-order valence-corrected chi connectivity index (χ0v) is 11.8. The van der Waals surface area contributed by atoms with Gasteiger partial charge in [0.1, 0.15) is 5.75 Å². The number of carbonyl (C=O) groups excluding carboxylic acids is 1. The molecule has 1 aromatic carbocycles. The van der Waals surface area contributed by atoms with Crippen molar-refractivity contribution in [2.24, 2.45) is 5.92 Å². The van der Waals surface area contributed by atoms with E-state index in [-0.39, 0.29) is 11.5 Å². The third kappa shape index (κ3) is 4.72. The maximum absolute atomic E-state index is 12.2. The summed E-state index contributed by atoms with van der Waals surface area (Å²) in [5.74, 6) is 0.358. The van der Waals surface area contributed by atoms with Crippen molar-refractivity contribution in [2.75, 3.05) is 0 Å². The van der Waals surface area contributed by atoms with Crippen LogP contribution in [0.3, 0.4) is 0 Å². The number of ketones is 1. The Balaban J connectivity index is 2.80. The van der Waals surface area contributed by atoms with Gasteiger partial charge in [-0.3, -0.25) is 4.79 Å². The number of hydrogen-bond acceptors (Lipinski definition) is 2. The van der Waals surface area contributed by atoms with Gasteiger partial charge in [-0.15, -0.1) is 0 Å². The fraction of sp³-hybridized carbons (Fsp3) is 0.462. The zero-order chi connectivity index (χ0) is 13.7. The van der Waals surface area contributed by atoms with Crippen molar-refractivity contribution in [3.05, 3.63) is 28.2 Å². The summed E-state index contributed by atoms with van der Waals surface area (Å²) < 4.78 is 29.1. The molecule has 0 fully saturated rings. The standard InChI is InChI=1S/C13H15BrF2O2/c1-8(2)3-6-11(17)9-4-5-10(14)12(7-9)18-13(15)16/h4-5,7-8,13H,3,6H2,1-2H3. The molecule has 0 heterocycles. The van der Waals surface area contributed by atoms with E-state index in [1.165, 1.54) is 6.07 Å². The Bertz CT molecular complexity index is 419. The van der Waals surface area contributed by atoms with Crippen LogP contribution < -0.4 is 4.74 Å². The molecule has 0 radical (unpaired) electrons. The Morgan fingerprint density at radius 1 is 1.39 bits per heavy atom. The van der Waals surface area contributed by atoms with Crippen molar-refractivity contribution in [1.29, 1.82) is 0 Å². The maximum Gasteiger partial charge on any atom is 0.387 e. The van der Waals surface area contributed by atoms with Gasteiger partial charge < -0.3 is 4.74 Å². The number of halogens is 3. The van der Waals surface area contributed by atoms with Crippen molar-refractivity contribution in [3.8, 4) is 5.75 Å². The van der Waals surface area contributed by atoms with Crippen molar-refractivity contribution in [1.82, 2.24) is 0 Å². The van der Waals surface area contributed by atoms with E-state index < -0.39 is 6.61 Å². The lowest BCUT2D eigenvalue weighted by Crippen LogP contribution is -2.05. The highest BCUT2D eigenvalue weighted by atomic mass is 79.9. The third-order valence-corrected chi connectivity index (χ3v) is 3.07. The largest absolute Gasteiger partial charge is 0.434 e. The van der Waals surface area contributed by atoms with Crippen LogP contribution in [0.5, 0.6) is 5.75 Å². The van der Waals surface area contributed by atoms with Crippen LogP contribution in [0.25, 0.3) is 0 Å². The minimum Gasteiger partial charge on any atom is -0.434 e. The van der Waals surface area contributed by atoms with Gasteiger partial charge in [0.25, 0.3) is 0 Å². The van der Waals surface area contributed by atoms with Gasteiger partial charge in [0.15, 0.2) is 5.78 Å². The summed E-state index contributed by atoms with van der Waals surface area (Å²) in [5, 5.41) is 0. The second-order valence-corrected chi connectivity index (χ2v) is 5.23. The predicted molar refractivity (Wildman–Crippen MR) is 69.2 cm³/mol. The Morgan fingerprint density at radius 2 is 2.06 bits per heavy atom. The van der Waals surface area contributed by atoms with E-state index in [0.29, 0.717) is 22.4 Å². The van der Waals surface area contributed by atoms with Crippen LogP contribution in [0.2, 0.25) is 0 Å². The first-order valence-electron chi connectivity index (χ1n) is 5.67. The number of carbonyl (C=O) groups is 1. The van der Waals surface area contributed by atoms with Crippen LogP contribution in [0, 0.1) is 5.92 Å². The summed E-state index contributed by atoms with van der Waals surface area (Å²) in [6.07, 6.45) is 1.19. The molecule has 1 rings (SSSR count). The molecule has 0 aromatic heterocycles. The molecule has 18 heavy (non-hydrogen) atoms. The lowest BCUT2D eigenvalue weighted by molar-refractivity contribution is -0.0503. The normalized spacial score (nSPS) is 11.1. The number of hydrogen-bond donors (Lipinski definition) is 0. The number of ether oxygens (including phenoxy) is 1. The monoisotopic (exact) mass is 320 g/mol. The van der Waals surface area contributed by atoms with E-state index in [2.05, 4.69) is 20.7 Å². The summed E-state index contributed by atoms with van der Waals surface area (Å²) >= 11 is 3.10. The molecule has 1 aromatic rings. The van der Waals surface area contributed by atoms with Crippen molar-refractivity contribution < 1.29 is 18.3 Å². The number of rotatable bonds is 6. The number of Topliss-reactive ketones (excluding diaryl/α,β-unsaturated/α-hetero) is 1. The van der Waals surface area contributed by atoms with Crippen molar-refractivity contribution >= 4 is 21.7 Å². The van der Waals surface area contributed by atoms with E-state index in [9.17, 15) is 13.6 Å². The Hall–Kier alpha value is -0.970. The lowest BCUT2D eigenvalue weighted by atomic mass is 10.0. The SMILES string of the molecule is CC(C)CCC(=O)c1ccc(Br)c(OC(F)F)c1. The Kier molecular flexibility index (Phi) is 5.72. The second-order valence-electron chi connectivity index (χ2n) is 4.38. The summed E-state index contributed by atoms with van der Waals surface area (Å²) in [6.45, 7) is 1.16. The fourth-order valence-electron chi connectivity index (χ4n) is 1.43. The molecule has 0 aliphatic carbocycles. The van der Waals surface area contributed by atoms with Gasteiger partial charge in [-0.2, -0.15) is 8.78 Å². The van der Waals surface area contributed by atoms with Crippen molar-refractivity contribution in [3.63, 3.8) is 0 Å². The lowest BCUT2D eigenvalue weighted by Gasteiger charge is -2.09. The topological polar surface area (TPSA) is 26.3 Å². The first-order valence-corrected chi connectivity index (χ1v) is 6.47. The van der Waals surface area contributed by atoms with Gasteiger partial charge in [0, 0.05) is 12.0 Å². The van der Waals surface area contributed by atoms with Gasteiger partial charge in [-0.05, 0) is 40.4 Å². The van der Waals surface area contributed by atoms with Gasteiger partial charge in [-0.25, -0.2) is 0 Å². The van der Waals surface area contributed by atoms with Gasteiger partial charge in [-0.1, -0.05) is 19.9 Å². The number of benzene rings is 1. The van der Waals surface area contributed by atoms with Crippen LogP contribution in [-0.2, 0) is 0 Å². The van der Waals surface area contributed by atoms with Crippen LogP contribution in [0.15, 0.2) is 22.7 Å². The summed E-state index contributed by atoms with van der Waals surface area (Å²) in [6, 6.07) is 4.49. The van der Waals surface area contributed by atoms with Crippen LogP contribution >= 0.6 is 15.9 Å². The third-order valence-electron chi connectivity index (χ3n) is 2.42. The van der Waals surface area contributed by atoms with Gasteiger partial charge in [0.2, 0.25) is 0 Å². The van der Waals surface area contributed by atoms with Gasteiger partial charge >= 0.3 is 6.61 Å². The Labute approximate surface area is 113 Å². The smallest absolute Gasteiger partial charge is 0.387 e. The molecule has 2 nitrogen and oxygen atoms in total. The van der Waals surface area contributed by atoms with E-state index in [1.807, 2.05) is 13.8 Å². The maximum atomic E-state index is 12.2. The molecular formula is C13H15BrF2O2. The molecule has 0 saturated heterocycles. The summed E-state index contributed by atoms with van der Waals surface area (Å²) in [7, 11) is 0. The second kappa shape index (κ2) is 6.83. The number of alkyl halides is 2. The highest BCUT2D eigenvalue weighted by Crippen LogP contribution is 2.28. The quantitative estimate of drug-likeness (QED) is 0.712. The summed E-state index contributed by atoms with van der Waals surface area (Å²) in [4.78, 5) is 11.8. The average molecular weight is 321 g/mol. The minimum atomic E-state index is -2.90. The van der Waals surface area contributed by atoms with E-state index >= 15 is 0 Å². The highest BCUT2D eigenvalue weighted by molar-refractivity contribution is 9.10. The molecule has 0 amide bonds. The molecule has 0 aliphatic rings. The first kappa shape index (κ1) is 15.1. The molecule has 0 bridgehead atoms. The molecule has 0 aliphatic heterocycles. The van der Waals surface area contributed by atoms with E-state index in [1.54, 1.807) is 12.1 Å². The molecule has 100 valence electrons. The predicted octanol–water partition coefficient (Wildman–Crippen LogP) is 4.67. The molecule has 5 heteroatoms. The molecule has 0 saturated carbocycles. The van der Waals surface area contributed by atoms with Crippen LogP contribution in [-0.4, -0.2) is 12.4 Å². The fourth-order valence-corrected chi connectivity index (χ4v) is 1.77. The van der Waals surface area contributed by atoms with Crippen LogP contribution in [0.4, 0.5) is 8.78 Å².